The first-order valence-electron chi connectivity index (χ1n) is 14.0. The largest absolute Gasteiger partial charge is 0.385 e. The molecule has 2 aromatic heterocycles. The maximum atomic E-state index is 15.3. The SMILES string of the molecule is COCC[C@H](c1nccc(C)c1F)N1C[C@@H](C)N(C(=O)C(C)C)[C@@H](C(=O)NCc2ccc(-n3ncc(C)n3)cc2)C1. The molecule has 41 heavy (non-hydrogen) atoms. The van der Waals surface area contributed by atoms with Gasteiger partial charge in [0.1, 0.15) is 11.9 Å². The molecule has 3 atom stereocenters. The van der Waals surface area contributed by atoms with E-state index in [-0.39, 0.29) is 36.1 Å². The third-order valence-electron chi connectivity index (χ3n) is 7.47. The number of hydrogen-bond acceptors (Lipinski definition) is 7. The predicted octanol–water partition coefficient (Wildman–Crippen LogP) is 3.37. The van der Waals surface area contributed by atoms with Crippen molar-refractivity contribution in [3.05, 3.63) is 71.1 Å². The number of carbonyl (C=O) groups excluding carboxylic acids is 2. The number of methoxy groups -OCH3 is 1. The molecule has 0 radical (unpaired) electrons. The number of carbonyl (C=O) groups is 2. The number of aromatic nitrogens is 4. The standard InChI is InChI=1S/C30H40FN7O3/c1-19(2)30(40)37-22(5)17-36(25(12-14-41-6)28-27(31)20(3)11-13-32-28)18-26(37)29(39)33-16-23-7-9-24(10-8-23)38-34-15-21(4)35-38/h7-11,13,15,19,22,25-26H,12,14,16-18H2,1-6H3,(H,33,39)/t22-,25-,26-/m1/s1. The number of aryl methyl sites for hydroxylation is 2. The average Bonchev–Trinajstić information content (AvgIpc) is 3.39. The topological polar surface area (TPSA) is 105 Å². The van der Waals surface area contributed by atoms with Crippen molar-refractivity contribution in [2.45, 2.75) is 65.7 Å². The first-order chi connectivity index (χ1) is 19.6. The van der Waals surface area contributed by atoms with Gasteiger partial charge in [0.2, 0.25) is 11.8 Å². The number of piperazine rings is 1. The third-order valence-corrected chi connectivity index (χ3v) is 7.47. The van der Waals surface area contributed by atoms with Crippen LogP contribution in [0, 0.1) is 25.6 Å². The van der Waals surface area contributed by atoms with Gasteiger partial charge < -0.3 is 15.0 Å². The zero-order valence-electron chi connectivity index (χ0n) is 24.7. The lowest BCUT2D eigenvalue weighted by molar-refractivity contribution is -0.151. The summed E-state index contributed by atoms with van der Waals surface area (Å²) in [7, 11) is 1.61. The van der Waals surface area contributed by atoms with Crippen molar-refractivity contribution in [1.29, 1.82) is 0 Å². The van der Waals surface area contributed by atoms with Gasteiger partial charge in [-0.25, -0.2) is 4.39 Å². The number of rotatable bonds is 10. The van der Waals surface area contributed by atoms with Crippen LogP contribution in [0.5, 0.6) is 0 Å². The summed E-state index contributed by atoms with van der Waals surface area (Å²) >= 11 is 0. The zero-order chi connectivity index (χ0) is 29.7. The molecule has 0 aliphatic carbocycles. The van der Waals surface area contributed by atoms with Crippen LogP contribution < -0.4 is 5.32 Å². The third kappa shape index (κ3) is 6.97. The minimum atomic E-state index is -0.748. The van der Waals surface area contributed by atoms with Crippen molar-refractivity contribution in [3.8, 4) is 5.69 Å². The highest BCUT2D eigenvalue weighted by molar-refractivity contribution is 5.89. The van der Waals surface area contributed by atoms with Crippen LogP contribution in [0.2, 0.25) is 0 Å². The van der Waals surface area contributed by atoms with E-state index in [1.54, 1.807) is 42.2 Å². The summed E-state index contributed by atoms with van der Waals surface area (Å²) in [6, 6.07) is 7.83. The van der Waals surface area contributed by atoms with E-state index in [2.05, 4.69) is 25.4 Å². The quantitative estimate of drug-likeness (QED) is 0.402. The van der Waals surface area contributed by atoms with Gasteiger partial charge in [0.25, 0.3) is 0 Å². The second kappa shape index (κ2) is 13.3. The molecule has 0 bridgehead atoms. The molecule has 2 amide bonds. The molecule has 3 heterocycles. The fourth-order valence-electron chi connectivity index (χ4n) is 5.28. The maximum absolute atomic E-state index is 15.3. The Kier molecular flexibility index (Phi) is 9.82. The summed E-state index contributed by atoms with van der Waals surface area (Å²) in [6.07, 6.45) is 3.80. The molecule has 1 fully saturated rings. The van der Waals surface area contributed by atoms with Gasteiger partial charge in [-0.15, -0.1) is 0 Å². The van der Waals surface area contributed by atoms with Gasteiger partial charge in [0, 0.05) is 51.5 Å². The molecule has 0 saturated carbocycles. The fraction of sp³-hybridized carbons (Fsp3) is 0.500. The lowest BCUT2D eigenvalue weighted by Gasteiger charge is -2.47. The Balaban J connectivity index is 1.55. The maximum Gasteiger partial charge on any atom is 0.244 e. The smallest absolute Gasteiger partial charge is 0.244 e. The van der Waals surface area contributed by atoms with E-state index in [0.717, 1.165) is 16.9 Å². The minimum Gasteiger partial charge on any atom is -0.385 e. The average molecular weight is 566 g/mol. The lowest BCUT2D eigenvalue weighted by atomic mass is 9.97. The van der Waals surface area contributed by atoms with E-state index in [0.29, 0.717) is 37.4 Å². The van der Waals surface area contributed by atoms with Gasteiger partial charge >= 0.3 is 0 Å². The second-order valence-corrected chi connectivity index (χ2v) is 11.0. The normalized spacial score (nSPS) is 18.5. The monoisotopic (exact) mass is 565 g/mol. The first kappa shape index (κ1) is 30.3. The number of nitrogens with zero attached hydrogens (tertiary/aromatic N) is 6. The van der Waals surface area contributed by atoms with E-state index in [1.807, 2.05) is 52.0 Å². The first-order valence-corrected chi connectivity index (χ1v) is 14.0. The van der Waals surface area contributed by atoms with Gasteiger partial charge in [-0.1, -0.05) is 26.0 Å². The van der Waals surface area contributed by atoms with Crippen molar-refractivity contribution in [3.63, 3.8) is 0 Å². The molecule has 11 heteroatoms. The molecule has 1 aliphatic rings. The molecule has 1 aromatic carbocycles. The molecular weight excluding hydrogens is 525 g/mol. The number of nitrogens with one attached hydrogen (secondary N) is 1. The molecule has 4 rings (SSSR count). The van der Waals surface area contributed by atoms with Crippen LogP contribution in [-0.4, -0.2) is 80.5 Å². The Morgan fingerprint density at radius 3 is 2.51 bits per heavy atom. The second-order valence-electron chi connectivity index (χ2n) is 11.0. The van der Waals surface area contributed by atoms with Crippen molar-refractivity contribution >= 4 is 11.8 Å². The molecule has 1 N–H and O–H groups in total. The Morgan fingerprint density at radius 1 is 1.15 bits per heavy atom. The summed E-state index contributed by atoms with van der Waals surface area (Å²) in [5, 5.41) is 11.6. The minimum absolute atomic E-state index is 0.0861. The molecule has 0 spiro atoms. The number of ether oxygens (including phenoxy) is 1. The summed E-state index contributed by atoms with van der Waals surface area (Å²) in [5.41, 5.74) is 3.38. The van der Waals surface area contributed by atoms with Gasteiger partial charge in [-0.05, 0) is 56.5 Å². The van der Waals surface area contributed by atoms with Crippen molar-refractivity contribution in [2.75, 3.05) is 26.8 Å². The number of amides is 2. The molecular formula is C30H40FN7O3. The van der Waals surface area contributed by atoms with Gasteiger partial charge in [-0.3, -0.25) is 19.5 Å². The van der Waals surface area contributed by atoms with E-state index < -0.39 is 12.1 Å². The van der Waals surface area contributed by atoms with Crippen molar-refractivity contribution in [1.82, 2.24) is 35.1 Å². The van der Waals surface area contributed by atoms with E-state index in [4.69, 9.17) is 4.74 Å². The van der Waals surface area contributed by atoms with E-state index in [9.17, 15) is 9.59 Å². The van der Waals surface area contributed by atoms with Crippen LogP contribution in [0.3, 0.4) is 0 Å². The molecule has 0 unspecified atom stereocenters. The number of pyridine rings is 1. The van der Waals surface area contributed by atoms with Gasteiger partial charge in [0.05, 0.1) is 29.3 Å². The highest BCUT2D eigenvalue weighted by Gasteiger charge is 2.42. The highest BCUT2D eigenvalue weighted by atomic mass is 19.1. The van der Waals surface area contributed by atoms with Crippen LogP contribution in [0.15, 0.2) is 42.7 Å². The molecule has 10 nitrogen and oxygen atoms in total. The van der Waals surface area contributed by atoms with Crippen LogP contribution >= 0.6 is 0 Å². The fourth-order valence-corrected chi connectivity index (χ4v) is 5.28. The predicted molar refractivity (Wildman–Crippen MR) is 153 cm³/mol. The van der Waals surface area contributed by atoms with Crippen LogP contribution in [-0.2, 0) is 20.9 Å². The van der Waals surface area contributed by atoms with Crippen LogP contribution in [0.1, 0.15) is 55.7 Å². The molecule has 1 aliphatic heterocycles. The van der Waals surface area contributed by atoms with Crippen LogP contribution in [0.25, 0.3) is 5.69 Å². The summed E-state index contributed by atoms with van der Waals surface area (Å²) in [5.74, 6) is -0.970. The van der Waals surface area contributed by atoms with E-state index >= 15 is 4.39 Å². The number of benzene rings is 1. The van der Waals surface area contributed by atoms with E-state index in [1.165, 1.54) is 0 Å². The van der Waals surface area contributed by atoms with Crippen LogP contribution in [0.4, 0.5) is 4.39 Å². The molecule has 220 valence electrons. The Morgan fingerprint density at radius 2 is 1.88 bits per heavy atom. The Hall–Kier alpha value is -3.70. The summed E-state index contributed by atoms with van der Waals surface area (Å²) < 4.78 is 20.6. The number of hydrogen-bond donors (Lipinski definition) is 1. The van der Waals surface area contributed by atoms with Crippen molar-refractivity contribution < 1.29 is 18.7 Å². The lowest BCUT2D eigenvalue weighted by Crippen LogP contribution is -2.65. The van der Waals surface area contributed by atoms with Gasteiger partial charge in [0.15, 0.2) is 0 Å². The summed E-state index contributed by atoms with van der Waals surface area (Å²) in [4.78, 5) is 36.7. The molecule has 3 aromatic rings. The summed E-state index contributed by atoms with van der Waals surface area (Å²) in [6.45, 7) is 10.6. The number of halogens is 1. The Labute approximate surface area is 240 Å². The Bertz CT molecular complexity index is 1340. The van der Waals surface area contributed by atoms with Gasteiger partial charge in [-0.2, -0.15) is 15.0 Å². The van der Waals surface area contributed by atoms with Crippen molar-refractivity contribution in [2.24, 2.45) is 5.92 Å². The zero-order valence-corrected chi connectivity index (χ0v) is 24.7. The molecule has 1 saturated heterocycles. The highest BCUT2D eigenvalue weighted by Crippen LogP contribution is 2.31.